The zero-order valence-corrected chi connectivity index (χ0v) is 12.1. The molecule has 0 fully saturated rings. The lowest BCUT2D eigenvalue weighted by atomic mass is 10.2. The number of halogens is 2. The molecule has 0 aliphatic carbocycles. The molecule has 5 heteroatoms. The minimum atomic E-state index is -0.300. The molecular formula is C14H10BrClN2O. The normalized spacial score (nSPS) is 10.6. The molecule has 19 heavy (non-hydrogen) atoms. The maximum Gasteiger partial charge on any atom is 0.271 e. The smallest absolute Gasteiger partial charge is 0.267 e. The van der Waals surface area contributed by atoms with Gasteiger partial charge in [-0.15, -0.1) is 0 Å². The fourth-order valence-corrected chi connectivity index (χ4v) is 2.01. The van der Waals surface area contributed by atoms with Crippen molar-refractivity contribution >= 4 is 39.7 Å². The van der Waals surface area contributed by atoms with Gasteiger partial charge in [0, 0.05) is 20.6 Å². The van der Waals surface area contributed by atoms with E-state index in [0.29, 0.717) is 10.6 Å². The Morgan fingerprint density at radius 1 is 1.21 bits per heavy atom. The molecular weight excluding hydrogens is 328 g/mol. The number of hydrazone groups is 1. The lowest BCUT2D eigenvalue weighted by molar-refractivity contribution is 0.0955. The molecule has 2 aromatic carbocycles. The molecule has 0 saturated carbocycles. The average Bonchev–Trinajstić information content (AvgIpc) is 2.41. The van der Waals surface area contributed by atoms with Gasteiger partial charge in [0.15, 0.2) is 0 Å². The van der Waals surface area contributed by atoms with Crippen LogP contribution in [0.1, 0.15) is 15.9 Å². The van der Waals surface area contributed by atoms with Crippen molar-refractivity contribution in [1.82, 2.24) is 5.43 Å². The van der Waals surface area contributed by atoms with Crippen LogP contribution in [0, 0.1) is 0 Å². The van der Waals surface area contributed by atoms with E-state index < -0.39 is 0 Å². The Kier molecular flexibility index (Phi) is 4.71. The van der Waals surface area contributed by atoms with Gasteiger partial charge in [-0.1, -0.05) is 51.8 Å². The third kappa shape index (κ3) is 3.91. The summed E-state index contributed by atoms with van der Waals surface area (Å²) < 4.78 is 0.913. The number of hydrogen-bond donors (Lipinski definition) is 1. The molecule has 3 nitrogen and oxygen atoms in total. The summed E-state index contributed by atoms with van der Waals surface area (Å²) in [4.78, 5) is 11.8. The summed E-state index contributed by atoms with van der Waals surface area (Å²) in [6, 6.07) is 14.3. The van der Waals surface area contributed by atoms with Gasteiger partial charge in [0.25, 0.3) is 5.91 Å². The third-order valence-electron chi connectivity index (χ3n) is 2.36. The monoisotopic (exact) mass is 336 g/mol. The van der Waals surface area contributed by atoms with Crippen LogP contribution in [0.2, 0.25) is 5.02 Å². The number of nitrogens with zero attached hydrogens (tertiary/aromatic N) is 1. The fraction of sp³-hybridized carbons (Fsp3) is 0. The van der Waals surface area contributed by atoms with E-state index >= 15 is 0 Å². The highest BCUT2D eigenvalue weighted by atomic mass is 79.9. The average molecular weight is 338 g/mol. The number of amides is 1. The van der Waals surface area contributed by atoms with E-state index in [1.165, 1.54) is 0 Å². The predicted octanol–water partition coefficient (Wildman–Crippen LogP) is 3.87. The van der Waals surface area contributed by atoms with Crippen LogP contribution in [0.25, 0.3) is 0 Å². The molecule has 0 bridgehead atoms. The van der Waals surface area contributed by atoms with Gasteiger partial charge < -0.3 is 0 Å². The quantitative estimate of drug-likeness (QED) is 0.670. The van der Waals surface area contributed by atoms with Gasteiger partial charge in [0.1, 0.15) is 0 Å². The number of carbonyl (C=O) groups is 1. The van der Waals surface area contributed by atoms with E-state index in [1.54, 1.807) is 30.5 Å². The lowest BCUT2D eigenvalue weighted by Gasteiger charge is -2.00. The van der Waals surface area contributed by atoms with E-state index in [1.807, 2.05) is 24.3 Å². The number of benzene rings is 2. The first-order valence-electron chi connectivity index (χ1n) is 5.50. The molecule has 0 aliphatic rings. The van der Waals surface area contributed by atoms with E-state index in [4.69, 9.17) is 11.6 Å². The third-order valence-corrected chi connectivity index (χ3v) is 3.32. The van der Waals surface area contributed by atoms with Crippen molar-refractivity contribution in [2.75, 3.05) is 0 Å². The van der Waals surface area contributed by atoms with Crippen LogP contribution in [-0.4, -0.2) is 12.1 Å². The zero-order chi connectivity index (χ0) is 13.7. The van der Waals surface area contributed by atoms with Crippen LogP contribution in [0.4, 0.5) is 0 Å². The van der Waals surface area contributed by atoms with Crippen LogP contribution >= 0.6 is 27.5 Å². The molecule has 0 radical (unpaired) electrons. The van der Waals surface area contributed by atoms with Crippen molar-refractivity contribution in [3.8, 4) is 0 Å². The molecule has 0 heterocycles. The van der Waals surface area contributed by atoms with Crippen LogP contribution in [0.3, 0.4) is 0 Å². The minimum Gasteiger partial charge on any atom is -0.267 e. The molecule has 1 N–H and O–H groups in total. The van der Waals surface area contributed by atoms with E-state index in [-0.39, 0.29) is 5.91 Å². The largest absolute Gasteiger partial charge is 0.271 e. The maximum absolute atomic E-state index is 11.8. The molecule has 96 valence electrons. The number of hydrogen-bond acceptors (Lipinski definition) is 2. The summed E-state index contributed by atoms with van der Waals surface area (Å²) in [5.74, 6) is -0.300. The highest BCUT2D eigenvalue weighted by Crippen LogP contribution is 2.13. The van der Waals surface area contributed by atoms with Crippen LogP contribution in [0.15, 0.2) is 58.1 Å². The first kappa shape index (κ1) is 13.8. The van der Waals surface area contributed by atoms with Crippen LogP contribution in [-0.2, 0) is 0 Å². The molecule has 2 aromatic rings. The number of rotatable bonds is 3. The lowest BCUT2D eigenvalue weighted by Crippen LogP contribution is -2.17. The predicted molar refractivity (Wildman–Crippen MR) is 80.7 cm³/mol. The van der Waals surface area contributed by atoms with Crippen molar-refractivity contribution in [1.29, 1.82) is 0 Å². The highest BCUT2D eigenvalue weighted by molar-refractivity contribution is 9.10. The Morgan fingerprint density at radius 3 is 2.74 bits per heavy atom. The SMILES string of the molecule is O=C(N/N=C/c1ccccc1Br)c1cccc(Cl)c1. The Hall–Kier alpha value is -1.65. The van der Waals surface area contributed by atoms with Gasteiger partial charge in [0.05, 0.1) is 6.21 Å². The molecule has 0 saturated heterocycles. The van der Waals surface area contributed by atoms with Gasteiger partial charge >= 0.3 is 0 Å². The van der Waals surface area contributed by atoms with Crippen molar-refractivity contribution < 1.29 is 4.79 Å². The first-order valence-corrected chi connectivity index (χ1v) is 6.67. The Labute approximate surface area is 124 Å². The molecule has 0 spiro atoms. The van der Waals surface area contributed by atoms with Gasteiger partial charge in [-0.3, -0.25) is 4.79 Å². The number of nitrogens with one attached hydrogen (secondary N) is 1. The van der Waals surface area contributed by atoms with E-state index in [0.717, 1.165) is 10.0 Å². The summed E-state index contributed by atoms with van der Waals surface area (Å²) in [5, 5.41) is 4.43. The highest BCUT2D eigenvalue weighted by Gasteiger charge is 2.03. The summed E-state index contributed by atoms with van der Waals surface area (Å²) in [6.07, 6.45) is 1.58. The first-order chi connectivity index (χ1) is 9.16. The molecule has 2 rings (SSSR count). The molecule has 0 aliphatic heterocycles. The topological polar surface area (TPSA) is 41.5 Å². The zero-order valence-electron chi connectivity index (χ0n) is 9.81. The van der Waals surface area contributed by atoms with Gasteiger partial charge in [-0.25, -0.2) is 5.43 Å². The molecule has 0 unspecified atom stereocenters. The summed E-state index contributed by atoms with van der Waals surface area (Å²) in [7, 11) is 0. The summed E-state index contributed by atoms with van der Waals surface area (Å²) in [5.41, 5.74) is 3.81. The minimum absolute atomic E-state index is 0.300. The van der Waals surface area contributed by atoms with E-state index in [2.05, 4.69) is 26.5 Å². The molecule has 0 aromatic heterocycles. The fourth-order valence-electron chi connectivity index (χ4n) is 1.43. The summed E-state index contributed by atoms with van der Waals surface area (Å²) >= 11 is 9.21. The molecule has 0 atom stereocenters. The Balaban J connectivity index is 2.03. The maximum atomic E-state index is 11.8. The second-order valence-electron chi connectivity index (χ2n) is 3.73. The standard InChI is InChI=1S/C14H10BrClN2O/c15-13-7-2-1-4-11(13)9-17-18-14(19)10-5-3-6-12(16)8-10/h1-9H,(H,18,19)/b17-9+. The Morgan fingerprint density at radius 2 is 2.00 bits per heavy atom. The van der Waals surface area contributed by atoms with Crippen LogP contribution < -0.4 is 5.43 Å². The van der Waals surface area contributed by atoms with Crippen molar-refractivity contribution in [2.45, 2.75) is 0 Å². The second kappa shape index (κ2) is 6.50. The van der Waals surface area contributed by atoms with Crippen LogP contribution in [0.5, 0.6) is 0 Å². The van der Waals surface area contributed by atoms with Crippen molar-refractivity contribution in [3.05, 3.63) is 69.2 Å². The van der Waals surface area contributed by atoms with Crippen molar-refractivity contribution in [3.63, 3.8) is 0 Å². The van der Waals surface area contributed by atoms with Crippen molar-refractivity contribution in [2.24, 2.45) is 5.10 Å². The molecule has 1 amide bonds. The van der Waals surface area contributed by atoms with E-state index in [9.17, 15) is 4.79 Å². The van der Waals surface area contributed by atoms with Gasteiger partial charge in [0.2, 0.25) is 0 Å². The van der Waals surface area contributed by atoms with Gasteiger partial charge in [-0.05, 0) is 24.3 Å². The number of carbonyl (C=O) groups excluding carboxylic acids is 1. The second-order valence-corrected chi connectivity index (χ2v) is 5.02. The van der Waals surface area contributed by atoms with Gasteiger partial charge in [-0.2, -0.15) is 5.10 Å². The Bertz CT molecular complexity index is 628. The summed E-state index contributed by atoms with van der Waals surface area (Å²) in [6.45, 7) is 0.